The van der Waals surface area contributed by atoms with Crippen LogP contribution in [0.4, 0.5) is 0 Å². The van der Waals surface area contributed by atoms with E-state index in [4.69, 9.17) is 0 Å². The van der Waals surface area contributed by atoms with E-state index in [0.29, 0.717) is 11.7 Å². The minimum absolute atomic E-state index is 0.0280. The molecule has 7 heteroatoms. The fourth-order valence-corrected chi connectivity index (χ4v) is 3.40. The van der Waals surface area contributed by atoms with Gasteiger partial charge < -0.3 is 15.5 Å². The number of nitrogens with one attached hydrogen (secondary N) is 2. The number of nitrogens with zero attached hydrogens (tertiary/aromatic N) is 4. The Labute approximate surface area is 154 Å². The first kappa shape index (κ1) is 18.5. The fraction of sp³-hybridized carbons (Fsp3) is 0.526. The topological polar surface area (TPSA) is 75.1 Å². The summed E-state index contributed by atoms with van der Waals surface area (Å²) < 4.78 is 1.84. The molecule has 7 nitrogen and oxygen atoms in total. The van der Waals surface area contributed by atoms with Crippen molar-refractivity contribution in [3.05, 3.63) is 47.8 Å². The molecule has 26 heavy (non-hydrogen) atoms. The largest absolute Gasteiger partial charge is 0.347 e. The van der Waals surface area contributed by atoms with Crippen LogP contribution < -0.4 is 10.6 Å². The lowest BCUT2D eigenvalue weighted by atomic mass is 10.1. The predicted octanol–water partition coefficient (Wildman–Crippen LogP) is 1.45. The van der Waals surface area contributed by atoms with E-state index in [2.05, 4.69) is 45.0 Å². The van der Waals surface area contributed by atoms with Gasteiger partial charge in [-0.15, -0.1) is 5.10 Å². The molecule has 1 amide bonds. The van der Waals surface area contributed by atoms with Gasteiger partial charge in [0.1, 0.15) is 0 Å². The van der Waals surface area contributed by atoms with Crippen molar-refractivity contribution in [1.29, 1.82) is 0 Å². The van der Waals surface area contributed by atoms with Crippen LogP contribution in [0.15, 0.2) is 36.5 Å². The van der Waals surface area contributed by atoms with Crippen LogP contribution >= 0.6 is 0 Å². The number of hydrogen-bond acceptors (Lipinski definition) is 5. The van der Waals surface area contributed by atoms with E-state index in [0.717, 1.165) is 39.0 Å². The van der Waals surface area contributed by atoms with Crippen molar-refractivity contribution in [2.45, 2.75) is 38.4 Å². The van der Waals surface area contributed by atoms with Gasteiger partial charge in [0.05, 0.1) is 12.2 Å². The van der Waals surface area contributed by atoms with Crippen LogP contribution in [0.2, 0.25) is 0 Å². The molecule has 0 radical (unpaired) electrons. The maximum atomic E-state index is 12.4. The number of likely N-dealkylation sites (N-methyl/N-ethyl adjacent to an activating group) is 1. The molecule has 0 bridgehead atoms. The highest BCUT2D eigenvalue weighted by Crippen LogP contribution is 2.17. The average Bonchev–Trinajstić information content (AvgIpc) is 3.13. The van der Waals surface area contributed by atoms with E-state index in [1.165, 1.54) is 5.56 Å². The zero-order valence-electron chi connectivity index (χ0n) is 15.6. The van der Waals surface area contributed by atoms with Crippen LogP contribution in [0.1, 0.15) is 41.9 Å². The first-order valence-electron chi connectivity index (χ1n) is 9.27. The van der Waals surface area contributed by atoms with Crippen molar-refractivity contribution >= 4 is 5.91 Å². The molecular formula is C19H28N6O. The van der Waals surface area contributed by atoms with Gasteiger partial charge in [-0.05, 0) is 45.5 Å². The Morgan fingerprint density at radius 3 is 2.81 bits per heavy atom. The number of aromatic nitrogens is 3. The molecule has 0 spiro atoms. The highest BCUT2D eigenvalue weighted by atomic mass is 16.2. The highest BCUT2D eigenvalue weighted by Gasteiger charge is 2.19. The van der Waals surface area contributed by atoms with Gasteiger partial charge >= 0.3 is 0 Å². The van der Waals surface area contributed by atoms with Crippen LogP contribution in [0, 0.1) is 0 Å². The summed E-state index contributed by atoms with van der Waals surface area (Å²) >= 11 is 0. The van der Waals surface area contributed by atoms with Gasteiger partial charge in [0.25, 0.3) is 5.91 Å². The Bertz CT molecular complexity index is 695. The van der Waals surface area contributed by atoms with E-state index in [1.54, 1.807) is 6.20 Å². The molecule has 1 aromatic heterocycles. The van der Waals surface area contributed by atoms with E-state index >= 15 is 0 Å². The van der Waals surface area contributed by atoms with Crippen LogP contribution in [-0.4, -0.2) is 58.5 Å². The highest BCUT2D eigenvalue weighted by molar-refractivity contribution is 5.92. The van der Waals surface area contributed by atoms with Gasteiger partial charge in [-0.25, -0.2) is 4.68 Å². The van der Waals surface area contributed by atoms with Crippen molar-refractivity contribution < 1.29 is 4.79 Å². The molecule has 2 aromatic rings. The number of amides is 1. The monoisotopic (exact) mass is 356 g/mol. The van der Waals surface area contributed by atoms with E-state index in [9.17, 15) is 4.79 Å². The summed E-state index contributed by atoms with van der Waals surface area (Å²) in [6.07, 6.45) is 3.81. The van der Waals surface area contributed by atoms with Crippen molar-refractivity contribution in [2.75, 3.05) is 26.7 Å². The second kappa shape index (κ2) is 8.91. The Kier molecular flexibility index (Phi) is 6.35. The van der Waals surface area contributed by atoms with Crippen LogP contribution in [0.3, 0.4) is 0 Å². The molecule has 1 unspecified atom stereocenters. The minimum Gasteiger partial charge on any atom is -0.347 e. The van der Waals surface area contributed by atoms with Gasteiger partial charge in [-0.1, -0.05) is 35.5 Å². The molecular weight excluding hydrogens is 328 g/mol. The van der Waals surface area contributed by atoms with Crippen LogP contribution in [0.5, 0.6) is 0 Å². The smallest absolute Gasteiger partial charge is 0.273 e. The lowest BCUT2D eigenvalue weighted by molar-refractivity contribution is 0.0926. The molecule has 3 rings (SSSR count). The summed E-state index contributed by atoms with van der Waals surface area (Å²) in [6.45, 7) is 5.60. The Morgan fingerprint density at radius 2 is 2.08 bits per heavy atom. The summed E-state index contributed by atoms with van der Waals surface area (Å²) in [6, 6.07) is 10.7. The average molecular weight is 356 g/mol. The molecule has 140 valence electrons. The Hall–Kier alpha value is -2.25. The van der Waals surface area contributed by atoms with E-state index in [1.807, 2.05) is 29.8 Å². The molecule has 1 saturated heterocycles. The van der Waals surface area contributed by atoms with Crippen molar-refractivity contribution in [3.63, 3.8) is 0 Å². The van der Waals surface area contributed by atoms with Crippen LogP contribution in [-0.2, 0) is 6.54 Å². The third-order valence-electron chi connectivity index (χ3n) is 4.68. The molecule has 1 aromatic carbocycles. The first-order chi connectivity index (χ1) is 12.6. The molecule has 1 aliphatic heterocycles. The summed E-state index contributed by atoms with van der Waals surface area (Å²) in [5.74, 6) is -0.161. The number of benzene rings is 1. The lowest BCUT2D eigenvalue weighted by Gasteiger charge is -2.22. The molecule has 2 heterocycles. The van der Waals surface area contributed by atoms with Crippen LogP contribution in [0.25, 0.3) is 0 Å². The standard InChI is InChI=1S/C19H28N6O/c1-15(12-24(2)13-16-6-4-3-5-7-16)21-19(26)18-14-25(23-22-18)17-8-10-20-11-9-17/h3-7,14-15,17,20H,8-13H2,1-2H3,(H,21,26). The van der Waals surface area contributed by atoms with Gasteiger partial charge in [0, 0.05) is 19.1 Å². The quantitative estimate of drug-likeness (QED) is 0.785. The Balaban J connectivity index is 1.48. The third kappa shape index (κ3) is 5.12. The maximum Gasteiger partial charge on any atom is 0.273 e. The number of hydrogen-bond donors (Lipinski definition) is 2. The fourth-order valence-electron chi connectivity index (χ4n) is 3.40. The number of carbonyl (C=O) groups excluding carboxylic acids is 1. The number of carbonyl (C=O) groups is 1. The normalized spacial score (nSPS) is 16.6. The van der Waals surface area contributed by atoms with Crippen molar-refractivity contribution in [2.24, 2.45) is 0 Å². The summed E-state index contributed by atoms with van der Waals surface area (Å²) in [4.78, 5) is 14.6. The predicted molar refractivity (Wildman–Crippen MR) is 101 cm³/mol. The van der Waals surface area contributed by atoms with Gasteiger partial charge in [-0.3, -0.25) is 4.79 Å². The third-order valence-corrected chi connectivity index (χ3v) is 4.68. The zero-order valence-corrected chi connectivity index (χ0v) is 15.6. The molecule has 2 N–H and O–H groups in total. The van der Waals surface area contributed by atoms with E-state index < -0.39 is 0 Å². The van der Waals surface area contributed by atoms with Gasteiger partial charge in [0.15, 0.2) is 5.69 Å². The Morgan fingerprint density at radius 1 is 1.35 bits per heavy atom. The SMILES string of the molecule is CC(CN(C)Cc1ccccc1)NC(=O)c1cn(C2CCNCC2)nn1. The first-order valence-corrected chi connectivity index (χ1v) is 9.27. The van der Waals surface area contributed by atoms with Crippen molar-refractivity contribution in [1.82, 2.24) is 30.5 Å². The van der Waals surface area contributed by atoms with E-state index in [-0.39, 0.29) is 11.9 Å². The summed E-state index contributed by atoms with van der Waals surface area (Å²) in [5, 5.41) is 14.6. The number of rotatable bonds is 7. The molecule has 1 aliphatic rings. The maximum absolute atomic E-state index is 12.4. The van der Waals surface area contributed by atoms with Crippen molar-refractivity contribution in [3.8, 4) is 0 Å². The second-order valence-corrected chi connectivity index (χ2v) is 7.12. The molecule has 1 fully saturated rings. The number of piperidine rings is 1. The molecule has 0 aliphatic carbocycles. The summed E-state index contributed by atoms with van der Waals surface area (Å²) in [7, 11) is 2.06. The van der Waals surface area contributed by atoms with Gasteiger partial charge in [0.2, 0.25) is 0 Å². The minimum atomic E-state index is -0.161. The molecule has 1 atom stereocenters. The van der Waals surface area contributed by atoms with Gasteiger partial charge in [-0.2, -0.15) is 0 Å². The lowest BCUT2D eigenvalue weighted by Crippen LogP contribution is -2.40. The molecule has 0 saturated carbocycles. The zero-order chi connectivity index (χ0) is 18.4. The summed E-state index contributed by atoms with van der Waals surface area (Å²) in [5.41, 5.74) is 1.65. The second-order valence-electron chi connectivity index (χ2n) is 7.12.